The number of nitrogens with zero attached hydrogens (tertiary/aromatic N) is 4. The Morgan fingerprint density at radius 2 is 2.10 bits per heavy atom. The van der Waals surface area contributed by atoms with E-state index in [0.29, 0.717) is 47.0 Å². The first kappa shape index (κ1) is 19.9. The van der Waals surface area contributed by atoms with Gasteiger partial charge in [-0.25, -0.2) is 4.98 Å². The largest absolute Gasteiger partial charge is 0.495 e. The molecule has 4 rings (SSSR count). The highest BCUT2D eigenvalue weighted by molar-refractivity contribution is 7.99. The number of ether oxygens (including phenoxy) is 1. The maximum atomic E-state index is 12.5. The van der Waals surface area contributed by atoms with E-state index in [-0.39, 0.29) is 23.3 Å². The molecule has 2 amide bonds. The number of nitro benzene ring substituents is 1. The van der Waals surface area contributed by atoms with Gasteiger partial charge >= 0.3 is 0 Å². The van der Waals surface area contributed by atoms with Gasteiger partial charge in [-0.1, -0.05) is 23.9 Å². The van der Waals surface area contributed by atoms with Crippen LogP contribution >= 0.6 is 11.8 Å². The zero-order chi connectivity index (χ0) is 21.3. The van der Waals surface area contributed by atoms with Crippen molar-refractivity contribution in [1.29, 1.82) is 0 Å². The Morgan fingerprint density at radius 3 is 2.80 bits per heavy atom. The van der Waals surface area contributed by atoms with Gasteiger partial charge < -0.3 is 4.74 Å². The Morgan fingerprint density at radius 1 is 1.30 bits per heavy atom. The second kappa shape index (κ2) is 8.15. The van der Waals surface area contributed by atoms with Crippen molar-refractivity contribution in [3.63, 3.8) is 0 Å². The van der Waals surface area contributed by atoms with Crippen molar-refractivity contribution in [2.75, 3.05) is 19.4 Å². The molecular weight excluding hydrogens is 408 g/mol. The van der Waals surface area contributed by atoms with Crippen LogP contribution in [0.1, 0.15) is 12.8 Å². The zero-order valence-electron chi connectivity index (χ0n) is 16.1. The minimum Gasteiger partial charge on any atom is -0.495 e. The molecule has 0 aliphatic carbocycles. The number of aromatic nitrogens is 2. The van der Waals surface area contributed by atoms with E-state index in [4.69, 9.17) is 4.74 Å². The van der Waals surface area contributed by atoms with E-state index in [1.54, 1.807) is 19.2 Å². The van der Waals surface area contributed by atoms with E-state index in [9.17, 15) is 19.7 Å². The summed E-state index contributed by atoms with van der Waals surface area (Å²) in [5.74, 6) is 0.200. The first-order valence-electron chi connectivity index (χ1n) is 9.26. The van der Waals surface area contributed by atoms with Crippen LogP contribution in [0.15, 0.2) is 47.6 Å². The fraction of sp³-hybridized carbons (Fsp3) is 0.250. The molecule has 1 aromatic heterocycles. The van der Waals surface area contributed by atoms with E-state index in [0.717, 1.165) is 0 Å². The number of hydrogen-bond donors (Lipinski definition) is 0. The van der Waals surface area contributed by atoms with Crippen molar-refractivity contribution in [1.82, 2.24) is 14.5 Å². The summed E-state index contributed by atoms with van der Waals surface area (Å²) in [5, 5.41) is 11.6. The average Bonchev–Trinajstić information content (AvgIpc) is 3.34. The molecule has 0 radical (unpaired) electrons. The Bertz CT molecular complexity index is 1160. The molecule has 1 aliphatic heterocycles. The molecule has 1 aliphatic rings. The van der Waals surface area contributed by atoms with Crippen LogP contribution in [0.4, 0.5) is 5.69 Å². The highest BCUT2D eigenvalue weighted by Crippen LogP contribution is 2.34. The molecule has 2 aromatic carbocycles. The summed E-state index contributed by atoms with van der Waals surface area (Å²) < 4.78 is 7.28. The predicted molar refractivity (Wildman–Crippen MR) is 111 cm³/mol. The van der Waals surface area contributed by atoms with Crippen LogP contribution in [0.2, 0.25) is 0 Å². The number of carbonyl (C=O) groups excluding carboxylic acids is 2. The monoisotopic (exact) mass is 426 g/mol. The van der Waals surface area contributed by atoms with Crippen molar-refractivity contribution in [2.24, 2.45) is 0 Å². The molecular formula is C20H18N4O5S. The highest BCUT2D eigenvalue weighted by Gasteiger charge is 2.27. The lowest BCUT2D eigenvalue weighted by atomic mass is 10.2. The quantitative estimate of drug-likeness (QED) is 0.338. The van der Waals surface area contributed by atoms with Gasteiger partial charge in [0.25, 0.3) is 5.69 Å². The SMILES string of the molecule is COc1ccccc1-n1c(SCC(=O)N2CCCC2=O)nc2cc([N+](=O)[O-])ccc21. The number of rotatable bonds is 6. The number of thioether (sulfide) groups is 1. The molecule has 9 nitrogen and oxygen atoms in total. The summed E-state index contributed by atoms with van der Waals surface area (Å²) in [5.41, 5.74) is 1.71. The number of nitro groups is 1. The molecule has 0 spiro atoms. The zero-order valence-corrected chi connectivity index (χ0v) is 16.9. The second-order valence-corrected chi connectivity index (χ2v) is 7.61. The number of likely N-dealkylation sites (tertiary alicyclic amines) is 1. The number of non-ortho nitro benzene ring substituents is 1. The van der Waals surface area contributed by atoms with Crippen LogP contribution in [0.5, 0.6) is 5.75 Å². The molecule has 1 fully saturated rings. The van der Waals surface area contributed by atoms with Gasteiger partial charge in [-0.05, 0) is 24.6 Å². The predicted octanol–water partition coefficient (Wildman–Crippen LogP) is 3.18. The fourth-order valence-corrected chi connectivity index (χ4v) is 4.32. The number of methoxy groups -OCH3 is 1. The topological polar surface area (TPSA) is 108 Å². The van der Waals surface area contributed by atoms with Gasteiger partial charge in [0, 0.05) is 25.1 Å². The lowest BCUT2D eigenvalue weighted by Gasteiger charge is -2.15. The third-order valence-corrected chi connectivity index (χ3v) is 5.77. The molecule has 0 bridgehead atoms. The van der Waals surface area contributed by atoms with Crippen LogP contribution in [-0.2, 0) is 9.59 Å². The number of imidazole rings is 1. The van der Waals surface area contributed by atoms with Gasteiger partial charge in [0.15, 0.2) is 5.16 Å². The smallest absolute Gasteiger partial charge is 0.271 e. The standard InChI is InChI=1S/C20H18N4O5S/c1-29-17-6-3-2-5-16(17)23-15-9-8-13(24(27)28)11-14(15)21-20(23)30-12-19(26)22-10-4-7-18(22)25/h2-3,5-6,8-9,11H,4,7,10,12H2,1H3. The molecule has 1 saturated heterocycles. The second-order valence-electron chi connectivity index (χ2n) is 6.66. The third kappa shape index (κ3) is 3.61. The van der Waals surface area contributed by atoms with Gasteiger partial charge in [0.2, 0.25) is 11.8 Å². The summed E-state index contributed by atoms with van der Waals surface area (Å²) in [7, 11) is 1.55. The van der Waals surface area contributed by atoms with Gasteiger partial charge in [-0.15, -0.1) is 0 Å². The van der Waals surface area contributed by atoms with E-state index in [1.165, 1.54) is 28.8 Å². The van der Waals surface area contributed by atoms with Crippen LogP contribution < -0.4 is 4.74 Å². The van der Waals surface area contributed by atoms with E-state index in [2.05, 4.69) is 4.98 Å². The maximum absolute atomic E-state index is 12.5. The summed E-state index contributed by atoms with van der Waals surface area (Å²) in [6.45, 7) is 0.438. The van der Waals surface area contributed by atoms with Gasteiger partial charge in [0.05, 0.1) is 34.5 Å². The minimum atomic E-state index is -0.475. The molecule has 10 heteroatoms. The summed E-state index contributed by atoms with van der Waals surface area (Å²) >= 11 is 1.18. The van der Waals surface area contributed by atoms with Gasteiger partial charge in [0.1, 0.15) is 5.75 Å². The third-order valence-electron chi connectivity index (χ3n) is 4.84. The Kier molecular flexibility index (Phi) is 5.40. The molecule has 0 unspecified atom stereocenters. The molecule has 154 valence electrons. The number of carbonyl (C=O) groups is 2. The highest BCUT2D eigenvalue weighted by atomic mass is 32.2. The summed E-state index contributed by atoms with van der Waals surface area (Å²) in [6, 6.07) is 11.8. The lowest BCUT2D eigenvalue weighted by Crippen LogP contribution is -2.33. The molecule has 2 heterocycles. The van der Waals surface area contributed by atoms with Crippen LogP contribution in [-0.4, -0.2) is 50.6 Å². The maximum Gasteiger partial charge on any atom is 0.271 e. The summed E-state index contributed by atoms with van der Waals surface area (Å²) in [6.07, 6.45) is 1.07. The average molecular weight is 426 g/mol. The number of amides is 2. The van der Waals surface area contributed by atoms with E-state index < -0.39 is 4.92 Å². The minimum absolute atomic E-state index is 0.0340. The lowest BCUT2D eigenvalue weighted by molar-refractivity contribution is -0.384. The number of imide groups is 1. The molecule has 3 aromatic rings. The van der Waals surface area contributed by atoms with Crippen LogP contribution in [0.3, 0.4) is 0 Å². The number of benzene rings is 2. The van der Waals surface area contributed by atoms with E-state index in [1.807, 2.05) is 22.8 Å². The fourth-order valence-electron chi connectivity index (χ4n) is 3.42. The Balaban J connectivity index is 1.76. The first-order chi connectivity index (χ1) is 14.5. The van der Waals surface area contributed by atoms with Crippen molar-refractivity contribution in [2.45, 2.75) is 18.0 Å². The Hall–Kier alpha value is -3.40. The number of fused-ring (bicyclic) bond motifs is 1. The van der Waals surface area contributed by atoms with Crippen LogP contribution in [0, 0.1) is 10.1 Å². The van der Waals surface area contributed by atoms with Crippen molar-refractivity contribution in [3.8, 4) is 11.4 Å². The van der Waals surface area contributed by atoms with Crippen LogP contribution in [0.25, 0.3) is 16.7 Å². The normalized spacial score (nSPS) is 13.8. The molecule has 0 N–H and O–H groups in total. The number of para-hydroxylation sites is 2. The van der Waals surface area contributed by atoms with Crippen molar-refractivity contribution in [3.05, 3.63) is 52.6 Å². The van der Waals surface area contributed by atoms with E-state index >= 15 is 0 Å². The molecule has 0 saturated carbocycles. The van der Waals surface area contributed by atoms with Gasteiger partial charge in [-0.2, -0.15) is 0 Å². The van der Waals surface area contributed by atoms with Crippen molar-refractivity contribution < 1.29 is 19.2 Å². The van der Waals surface area contributed by atoms with Crippen molar-refractivity contribution >= 4 is 40.3 Å². The number of hydrogen-bond acceptors (Lipinski definition) is 7. The first-order valence-corrected chi connectivity index (χ1v) is 10.2. The van der Waals surface area contributed by atoms with Gasteiger partial charge in [-0.3, -0.25) is 29.2 Å². The molecule has 30 heavy (non-hydrogen) atoms. The Labute approximate surface area is 175 Å². The molecule has 0 atom stereocenters. The summed E-state index contributed by atoms with van der Waals surface area (Å²) in [4.78, 5) is 40.8.